The Morgan fingerprint density at radius 1 is 0.440 bits per heavy atom. The van der Waals surface area contributed by atoms with Crippen molar-refractivity contribution in [3.63, 3.8) is 0 Å². The molecule has 2 fully saturated rings. The zero-order valence-electron chi connectivity index (χ0n) is 47.0. The SMILES string of the molecule is CCCCCCC/C=C\C/C=C\C/C=C\CCCCCCCCCCCCCOCC(COC1OC(COC2OC(CO)C(O)C(O)C2O)C(O)C(O)C1O)OC(=O)CCCCCCC/C=C\CCCCCCCC. The lowest BCUT2D eigenvalue weighted by atomic mass is 9.98. The molecule has 0 saturated carbocycles. The number of aliphatic hydroxyl groups is 7. The average molecular weight is 1070 g/mol. The molecule has 438 valence electrons. The number of hydrogen-bond donors (Lipinski definition) is 7. The van der Waals surface area contributed by atoms with E-state index in [1.807, 2.05) is 0 Å². The van der Waals surface area contributed by atoms with Crippen LogP contribution in [0.15, 0.2) is 48.6 Å². The topological polar surface area (TPSA) is 214 Å². The summed E-state index contributed by atoms with van der Waals surface area (Å²) in [7, 11) is 0. The standard InChI is InChI=1S/C61H110O14/c1-3-5-7-9-11-13-15-17-19-20-21-22-23-24-25-26-27-28-29-31-33-35-37-39-41-43-45-70-47-50(73-53(63)44-42-40-38-36-34-32-30-18-16-14-12-10-8-6-4-2)48-71-60-59(69)57(67)55(65)52(75-60)49-72-61-58(68)56(66)54(64)51(46-62)74-61/h15,17-18,20-21,23-24,30,50-52,54-62,64-69H,3-14,16,19,22,25-29,31-49H2,1-2H3/b17-15-,21-20-,24-23-,30-18-. The maximum Gasteiger partial charge on any atom is 0.306 e. The molecule has 0 radical (unpaired) electrons. The summed E-state index contributed by atoms with van der Waals surface area (Å²) < 4.78 is 34.4. The molecule has 0 aliphatic carbocycles. The number of carbonyl (C=O) groups excluding carboxylic acids is 1. The highest BCUT2D eigenvalue weighted by atomic mass is 16.7. The quantitative estimate of drug-likeness (QED) is 0.0172. The van der Waals surface area contributed by atoms with Crippen LogP contribution in [0.4, 0.5) is 0 Å². The van der Waals surface area contributed by atoms with E-state index in [9.17, 15) is 40.5 Å². The Bertz CT molecular complexity index is 1420. The van der Waals surface area contributed by atoms with Gasteiger partial charge in [-0.05, 0) is 77.0 Å². The number of carbonyl (C=O) groups is 1. The van der Waals surface area contributed by atoms with Crippen LogP contribution in [0.2, 0.25) is 0 Å². The first-order chi connectivity index (χ1) is 36.6. The fourth-order valence-corrected chi connectivity index (χ4v) is 9.41. The predicted molar refractivity (Wildman–Crippen MR) is 298 cm³/mol. The summed E-state index contributed by atoms with van der Waals surface area (Å²) >= 11 is 0. The monoisotopic (exact) mass is 1070 g/mol. The average Bonchev–Trinajstić information content (AvgIpc) is 3.41. The van der Waals surface area contributed by atoms with Gasteiger partial charge in [-0.25, -0.2) is 0 Å². The van der Waals surface area contributed by atoms with E-state index in [0.717, 1.165) is 70.6 Å². The van der Waals surface area contributed by atoms with Crippen molar-refractivity contribution in [2.45, 2.75) is 300 Å². The summed E-state index contributed by atoms with van der Waals surface area (Å²) in [6.07, 6.45) is 41.7. The molecule has 2 saturated heterocycles. The highest BCUT2D eigenvalue weighted by Crippen LogP contribution is 2.27. The van der Waals surface area contributed by atoms with Gasteiger partial charge < -0.3 is 64.2 Å². The van der Waals surface area contributed by atoms with Crippen molar-refractivity contribution < 1.29 is 69.0 Å². The molecule has 2 aliphatic heterocycles. The van der Waals surface area contributed by atoms with Gasteiger partial charge in [0.05, 0.1) is 26.4 Å². The minimum absolute atomic E-state index is 0.0564. The van der Waals surface area contributed by atoms with Crippen molar-refractivity contribution in [2.24, 2.45) is 0 Å². The van der Waals surface area contributed by atoms with Crippen molar-refractivity contribution in [1.29, 1.82) is 0 Å². The van der Waals surface area contributed by atoms with Crippen molar-refractivity contribution in [2.75, 3.05) is 33.0 Å². The van der Waals surface area contributed by atoms with Crippen LogP contribution in [-0.4, -0.2) is 142 Å². The summed E-state index contributed by atoms with van der Waals surface area (Å²) in [6.45, 7) is 3.67. The highest BCUT2D eigenvalue weighted by Gasteiger charge is 2.47. The first-order valence-corrected chi connectivity index (χ1v) is 30.2. The maximum absolute atomic E-state index is 13.1. The van der Waals surface area contributed by atoms with E-state index in [-0.39, 0.29) is 25.6 Å². The van der Waals surface area contributed by atoms with Gasteiger partial charge in [0.25, 0.3) is 0 Å². The second-order valence-corrected chi connectivity index (χ2v) is 21.2. The van der Waals surface area contributed by atoms with Crippen molar-refractivity contribution in [1.82, 2.24) is 0 Å². The molecular weight excluding hydrogens is 957 g/mol. The molecule has 14 nitrogen and oxygen atoms in total. The molecule has 0 aromatic carbocycles. The molecule has 2 rings (SSSR count). The fourth-order valence-electron chi connectivity index (χ4n) is 9.41. The molecule has 0 bridgehead atoms. The smallest absolute Gasteiger partial charge is 0.306 e. The normalized spacial score (nSPS) is 24.9. The molecule has 14 heteroatoms. The molecule has 0 spiro atoms. The first kappa shape index (κ1) is 69.1. The maximum atomic E-state index is 13.1. The van der Waals surface area contributed by atoms with E-state index >= 15 is 0 Å². The summed E-state index contributed by atoms with van der Waals surface area (Å²) in [5.74, 6) is -0.384. The van der Waals surface area contributed by atoms with E-state index in [2.05, 4.69) is 62.5 Å². The lowest BCUT2D eigenvalue weighted by molar-refractivity contribution is -0.332. The van der Waals surface area contributed by atoms with Crippen LogP contribution >= 0.6 is 0 Å². The Morgan fingerprint density at radius 3 is 1.31 bits per heavy atom. The van der Waals surface area contributed by atoms with Crippen LogP contribution in [-0.2, 0) is 33.2 Å². The van der Waals surface area contributed by atoms with Gasteiger partial charge in [0.15, 0.2) is 12.6 Å². The van der Waals surface area contributed by atoms with E-state index in [0.29, 0.717) is 13.0 Å². The van der Waals surface area contributed by atoms with Gasteiger partial charge in [0.2, 0.25) is 0 Å². The largest absolute Gasteiger partial charge is 0.457 e. The van der Waals surface area contributed by atoms with E-state index < -0.39 is 80.7 Å². The summed E-state index contributed by atoms with van der Waals surface area (Å²) in [4.78, 5) is 13.1. The molecule has 2 aliphatic rings. The molecule has 2 heterocycles. The Morgan fingerprint density at radius 2 is 0.827 bits per heavy atom. The molecule has 75 heavy (non-hydrogen) atoms. The molecule has 0 aromatic rings. The lowest BCUT2D eigenvalue weighted by Gasteiger charge is -2.42. The Balaban J connectivity index is 1.68. The van der Waals surface area contributed by atoms with Crippen LogP contribution in [0.5, 0.6) is 0 Å². The van der Waals surface area contributed by atoms with Crippen LogP contribution in [0.3, 0.4) is 0 Å². The zero-order valence-corrected chi connectivity index (χ0v) is 47.0. The molecule has 0 amide bonds. The van der Waals surface area contributed by atoms with E-state index in [4.69, 9.17) is 28.4 Å². The summed E-state index contributed by atoms with van der Waals surface area (Å²) in [6, 6.07) is 0. The van der Waals surface area contributed by atoms with Crippen LogP contribution in [0, 0.1) is 0 Å². The third kappa shape index (κ3) is 34.5. The highest BCUT2D eigenvalue weighted by molar-refractivity contribution is 5.69. The van der Waals surface area contributed by atoms with Crippen molar-refractivity contribution in [3.8, 4) is 0 Å². The number of allylic oxidation sites excluding steroid dienone is 8. The molecular formula is C61H110O14. The van der Waals surface area contributed by atoms with Crippen LogP contribution in [0.25, 0.3) is 0 Å². The first-order valence-electron chi connectivity index (χ1n) is 30.2. The third-order valence-corrected chi connectivity index (χ3v) is 14.3. The third-order valence-electron chi connectivity index (χ3n) is 14.3. The van der Waals surface area contributed by atoms with Gasteiger partial charge in [-0.15, -0.1) is 0 Å². The number of rotatable bonds is 49. The van der Waals surface area contributed by atoms with E-state index in [1.165, 1.54) is 135 Å². The van der Waals surface area contributed by atoms with Gasteiger partial charge in [0, 0.05) is 13.0 Å². The zero-order chi connectivity index (χ0) is 54.4. The molecule has 11 atom stereocenters. The number of hydrogen-bond acceptors (Lipinski definition) is 14. The van der Waals surface area contributed by atoms with Gasteiger partial charge in [-0.2, -0.15) is 0 Å². The van der Waals surface area contributed by atoms with E-state index in [1.54, 1.807) is 0 Å². The number of unbranched alkanes of at least 4 members (excludes halogenated alkanes) is 27. The molecule has 7 N–H and O–H groups in total. The second-order valence-electron chi connectivity index (χ2n) is 21.2. The minimum Gasteiger partial charge on any atom is -0.457 e. The van der Waals surface area contributed by atoms with Gasteiger partial charge >= 0.3 is 5.97 Å². The Hall–Kier alpha value is -2.05. The van der Waals surface area contributed by atoms with Gasteiger partial charge in [-0.1, -0.05) is 197 Å². The lowest BCUT2D eigenvalue weighted by Crippen LogP contribution is -2.61. The van der Waals surface area contributed by atoms with Crippen LogP contribution < -0.4 is 0 Å². The predicted octanol–water partition coefficient (Wildman–Crippen LogP) is 11.1. The fraction of sp³-hybridized carbons (Fsp3) is 0.852. The second kappa shape index (κ2) is 47.9. The minimum atomic E-state index is -1.71. The van der Waals surface area contributed by atoms with Gasteiger partial charge in [-0.3, -0.25) is 4.79 Å². The summed E-state index contributed by atoms with van der Waals surface area (Å²) in [5.41, 5.74) is 0. The number of aliphatic hydroxyl groups excluding tert-OH is 7. The Kier molecular flexibility index (Phi) is 44.1. The van der Waals surface area contributed by atoms with Crippen molar-refractivity contribution in [3.05, 3.63) is 48.6 Å². The number of ether oxygens (including phenoxy) is 6. The Labute approximate surface area is 454 Å². The number of esters is 1. The summed E-state index contributed by atoms with van der Waals surface area (Å²) in [5, 5.41) is 72.3. The molecule has 0 aromatic heterocycles. The van der Waals surface area contributed by atoms with Crippen LogP contribution in [0.1, 0.15) is 232 Å². The van der Waals surface area contributed by atoms with Crippen molar-refractivity contribution >= 4 is 5.97 Å². The van der Waals surface area contributed by atoms with Gasteiger partial charge in [0.1, 0.15) is 54.9 Å². The molecule has 11 unspecified atom stereocenters.